The van der Waals surface area contributed by atoms with Crippen molar-refractivity contribution in [3.8, 4) is 0 Å². The van der Waals surface area contributed by atoms with Crippen LogP contribution in [0.5, 0.6) is 0 Å². The Morgan fingerprint density at radius 2 is 1.55 bits per heavy atom. The lowest BCUT2D eigenvalue weighted by molar-refractivity contribution is 0.746. The van der Waals surface area contributed by atoms with Gasteiger partial charge in [0.2, 0.25) is 0 Å². The van der Waals surface area contributed by atoms with Gasteiger partial charge in [-0.05, 0) is 59.0 Å². The van der Waals surface area contributed by atoms with E-state index in [4.69, 9.17) is 0 Å². The first kappa shape index (κ1) is 20.8. The Balaban J connectivity index is 4.67. The molecular formula is C21H37N. The lowest BCUT2D eigenvalue weighted by Gasteiger charge is -2.16. The van der Waals surface area contributed by atoms with Crippen molar-refractivity contribution in [1.29, 1.82) is 0 Å². The molecule has 0 fully saturated rings. The van der Waals surface area contributed by atoms with Crippen LogP contribution in [0.15, 0.2) is 46.7 Å². The van der Waals surface area contributed by atoms with Crippen molar-refractivity contribution in [3.63, 3.8) is 0 Å². The molecule has 1 nitrogen and oxygen atoms in total. The first-order valence-corrected chi connectivity index (χ1v) is 8.83. The van der Waals surface area contributed by atoms with Gasteiger partial charge in [0.25, 0.3) is 0 Å². The van der Waals surface area contributed by atoms with Gasteiger partial charge in [0.05, 0.1) is 0 Å². The molecule has 0 aliphatic heterocycles. The van der Waals surface area contributed by atoms with E-state index < -0.39 is 0 Å². The van der Waals surface area contributed by atoms with Crippen molar-refractivity contribution >= 4 is 0 Å². The minimum absolute atomic E-state index is 0.927. The predicted molar refractivity (Wildman–Crippen MR) is 102 cm³/mol. The topological polar surface area (TPSA) is 12.0 Å². The minimum atomic E-state index is 0.927. The largest absolute Gasteiger partial charge is 0.385 e. The summed E-state index contributed by atoms with van der Waals surface area (Å²) in [6.45, 7) is 18.2. The van der Waals surface area contributed by atoms with E-state index in [1.54, 1.807) is 0 Å². The molecule has 0 atom stereocenters. The molecule has 0 saturated heterocycles. The summed E-state index contributed by atoms with van der Waals surface area (Å²) >= 11 is 0. The Kier molecular flexibility index (Phi) is 11.6. The van der Waals surface area contributed by atoms with Gasteiger partial charge in [0.15, 0.2) is 0 Å². The summed E-state index contributed by atoms with van der Waals surface area (Å²) in [7, 11) is 0. The molecule has 22 heavy (non-hydrogen) atoms. The van der Waals surface area contributed by atoms with E-state index in [9.17, 15) is 0 Å². The highest BCUT2D eigenvalue weighted by Gasteiger charge is 2.06. The molecule has 0 aromatic heterocycles. The third kappa shape index (κ3) is 9.65. The van der Waals surface area contributed by atoms with Crippen molar-refractivity contribution in [2.75, 3.05) is 6.54 Å². The first-order chi connectivity index (χ1) is 10.4. The van der Waals surface area contributed by atoms with Crippen molar-refractivity contribution < 1.29 is 0 Å². The van der Waals surface area contributed by atoms with Gasteiger partial charge in [-0.1, -0.05) is 62.1 Å². The number of hydrogen-bond acceptors (Lipinski definition) is 1. The van der Waals surface area contributed by atoms with Crippen LogP contribution in [0.3, 0.4) is 0 Å². The molecule has 0 radical (unpaired) electrons. The zero-order chi connectivity index (χ0) is 17.0. The summed E-state index contributed by atoms with van der Waals surface area (Å²) in [6.07, 6.45) is 11.5. The normalized spacial score (nSPS) is 12.7. The second kappa shape index (κ2) is 12.3. The summed E-state index contributed by atoms with van der Waals surface area (Å²) in [5.41, 5.74) is 6.91. The second-order valence-electron chi connectivity index (χ2n) is 6.49. The smallest absolute Gasteiger partial charge is 0.0330 e. The fourth-order valence-corrected chi connectivity index (χ4v) is 2.51. The number of allylic oxidation sites excluding steroid dienone is 6. The quantitative estimate of drug-likeness (QED) is 0.331. The van der Waals surface area contributed by atoms with Gasteiger partial charge in [-0.25, -0.2) is 0 Å². The predicted octanol–water partition coefficient (Wildman–Crippen LogP) is 6.70. The van der Waals surface area contributed by atoms with Gasteiger partial charge in [-0.15, -0.1) is 0 Å². The molecule has 0 bridgehead atoms. The molecule has 0 aliphatic rings. The molecule has 1 heteroatoms. The summed E-state index contributed by atoms with van der Waals surface area (Å²) < 4.78 is 0. The van der Waals surface area contributed by atoms with Crippen LogP contribution in [0.2, 0.25) is 0 Å². The highest BCUT2D eigenvalue weighted by Crippen LogP contribution is 2.20. The van der Waals surface area contributed by atoms with Crippen LogP contribution in [-0.4, -0.2) is 6.54 Å². The molecular weight excluding hydrogens is 266 g/mol. The second-order valence-corrected chi connectivity index (χ2v) is 6.49. The van der Waals surface area contributed by atoms with Gasteiger partial charge in [0, 0.05) is 12.2 Å². The summed E-state index contributed by atoms with van der Waals surface area (Å²) in [6, 6.07) is 0. The lowest BCUT2D eigenvalue weighted by atomic mass is 9.99. The maximum atomic E-state index is 4.16. The van der Waals surface area contributed by atoms with E-state index in [1.807, 2.05) is 0 Å². The van der Waals surface area contributed by atoms with Crippen molar-refractivity contribution in [1.82, 2.24) is 5.32 Å². The van der Waals surface area contributed by atoms with Crippen molar-refractivity contribution in [3.05, 3.63) is 46.7 Å². The third-order valence-corrected chi connectivity index (χ3v) is 3.74. The van der Waals surface area contributed by atoms with Crippen LogP contribution < -0.4 is 5.32 Å². The SMILES string of the molecule is C=C(C)/C(CCC)=C(/CCC)NC/C=C(\C)CCC=C(C)C. The molecule has 0 aromatic rings. The van der Waals surface area contributed by atoms with E-state index in [2.05, 4.69) is 65.6 Å². The number of nitrogens with one attached hydrogen (secondary N) is 1. The minimum Gasteiger partial charge on any atom is -0.385 e. The fraction of sp³-hybridized carbons (Fsp3) is 0.619. The van der Waals surface area contributed by atoms with Crippen LogP contribution in [0.25, 0.3) is 0 Å². The zero-order valence-electron chi connectivity index (χ0n) is 15.8. The standard InChI is InChI=1S/C21H37N/c1-8-11-20(18(5)6)21(12-9-2)22-16-15-19(7)14-10-13-17(3)4/h13,15,22H,5,8-12,14,16H2,1-4,6-7H3/b19-15+,21-20-. The van der Waals surface area contributed by atoms with E-state index in [-0.39, 0.29) is 0 Å². The van der Waals surface area contributed by atoms with Crippen LogP contribution >= 0.6 is 0 Å². The Bertz CT molecular complexity index is 417. The maximum absolute atomic E-state index is 4.16. The molecule has 0 aromatic carbocycles. The molecule has 0 amide bonds. The summed E-state index contributed by atoms with van der Waals surface area (Å²) in [4.78, 5) is 0. The van der Waals surface area contributed by atoms with Crippen molar-refractivity contribution in [2.24, 2.45) is 0 Å². The monoisotopic (exact) mass is 303 g/mol. The van der Waals surface area contributed by atoms with E-state index in [0.717, 1.165) is 32.2 Å². The van der Waals surface area contributed by atoms with Gasteiger partial charge in [-0.3, -0.25) is 0 Å². The molecule has 0 unspecified atom stereocenters. The van der Waals surface area contributed by atoms with Crippen LogP contribution in [0, 0.1) is 0 Å². The average Bonchev–Trinajstić information content (AvgIpc) is 2.43. The Hall–Kier alpha value is -1.24. The van der Waals surface area contributed by atoms with E-state index in [0.29, 0.717) is 0 Å². The van der Waals surface area contributed by atoms with Gasteiger partial charge in [-0.2, -0.15) is 0 Å². The van der Waals surface area contributed by atoms with Crippen LogP contribution in [0.1, 0.15) is 80.1 Å². The zero-order valence-corrected chi connectivity index (χ0v) is 15.8. The Labute approximate surface area is 139 Å². The maximum Gasteiger partial charge on any atom is 0.0330 e. The molecule has 0 saturated carbocycles. The fourth-order valence-electron chi connectivity index (χ4n) is 2.51. The van der Waals surface area contributed by atoms with E-state index >= 15 is 0 Å². The van der Waals surface area contributed by atoms with Gasteiger partial charge < -0.3 is 5.32 Å². The van der Waals surface area contributed by atoms with Crippen molar-refractivity contribution in [2.45, 2.75) is 80.1 Å². The molecule has 0 aliphatic carbocycles. The average molecular weight is 304 g/mol. The highest BCUT2D eigenvalue weighted by atomic mass is 14.9. The van der Waals surface area contributed by atoms with Crippen LogP contribution in [-0.2, 0) is 0 Å². The summed E-state index contributed by atoms with van der Waals surface area (Å²) in [5.74, 6) is 0. The number of hydrogen-bond donors (Lipinski definition) is 1. The van der Waals surface area contributed by atoms with Gasteiger partial charge in [0.1, 0.15) is 0 Å². The summed E-state index contributed by atoms with van der Waals surface area (Å²) in [5, 5.41) is 3.64. The highest BCUT2D eigenvalue weighted by molar-refractivity contribution is 5.31. The molecule has 126 valence electrons. The molecule has 0 rings (SSSR count). The van der Waals surface area contributed by atoms with Gasteiger partial charge >= 0.3 is 0 Å². The Morgan fingerprint density at radius 1 is 0.909 bits per heavy atom. The molecule has 0 spiro atoms. The van der Waals surface area contributed by atoms with Crippen LogP contribution in [0.4, 0.5) is 0 Å². The van der Waals surface area contributed by atoms with E-state index in [1.165, 1.54) is 40.8 Å². The molecule has 1 N–H and O–H groups in total. The molecule has 0 heterocycles. The number of rotatable bonds is 11. The first-order valence-electron chi connectivity index (χ1n) is 8.83. The lowest BCUT2D eigenvalue weighted by Crippen LogP contribution is -2.16. The Morgan fingerprint density at radius 3 is 2.05 bits per heavy atom. The third-order valence-electron chi connectivity index (χ3n) is 3.74.